The molecule has 0 saturated carbocycles. The third-order valence-electron chi connectivity index (χ3n) is 2.52. The molecule has 2 aromatic carbocycles. The number of hydrogen-bond acceptors (Lipinski definition) is 3. The molecule has 7 heteroatoms. The highest BCUT2D eigenvalue weighted by molar-refractivity contribution is 7.98. The van der Waals surface area contributed by atoms with Gasteiger partial charge in [0.05, 0.1) is 4.92 Å². The summed E-state index contributed by atoms with van der Waals surface area (Å²) < 4.78 is 26.2. The molecule has 0 aliphatic rings. The van der Waals surface area contributed by atoms with E-state index in [0.717, 1.165) is 23.9 Å². The molecule has 2 aromatic rings. The number of thioether (sulfide) groups is 1. The van der Waals surface area contributed by atoms with Crippen molar-refractivity contribution in [3.8, 4) is 0 Å². The Hall–Kier alpha value is -1.66. The van der Waals surface area contributed by atoms with Crippen LogP contribution in [0.5, 0.6) is 0 Å². The maximum atomic E-state index is 13.5. The maximum absolute atomic E-state index is 13.5. The van der Waals surface area contributed by atoms with E-state index in [1.54, 1.807) is 0 Å². The van der Waals surface area contributed by atoms with Crippen LogP contribution in [-0.4, -0.2) is 4.92 Å². The molecule has 0 amide bonds. The summed E-state index contributed by atoms with van der Waals surface area (Å²) in [6, 6.07) is 7.33. The highest BCUT2D eigenvalue weighted by Gasteiger charge is 2.11. The van der Waals surface area contributed by atoms with Crippen molar-refractivity contribution in [1.82, 2.24) is 0 Å². The largest absolute Gasteiger partial charge is 0.269 e. The first-order valence-electron chi connectivity index (χ1n) is 5.48. The second-order valence-corrected chi connectivity index (χ2v) is 5.32. The molecule has 0 atom stereocenters. The lowest BCUT2D eigenvalue weighted by molar-refractivity contribution is -0.384. The minimum absolute atomic E-state index is 0.0791. The fraction of sp³-hybridized carbons (Fsp3) is 0.0769. The molecule has 0 aliphatic carbocycles. The lowest BCUT2D eigenvalue weighted by atomic mass is 10.2. The van der Waals surface area contributed by atoms with Crippen LogP contribution in [0.4, 0.5) is 14.5 Å². The molecule has 104 valence electrons. The van der Waals surface area contributed by atoms with Gasteiger partial charge in [0.15, 0.2) is 0 Å². The van der Waals surface area contributed by atoms with E-state index in [1.807, 2.05) is 0 Å². The van der Waals surface area contributed by atoms with Gasteiger partial charge in [-0.05, 0) is 23.8 Å². The summed E-state index contributed by atoms with van der Waals surface area (Å²) in [7, 11) is 0. The third-order valence-corrected chi connectivity index (χ3v) is 3.98. The Kier molecular flexibility index (Phi) is 4.57. The van der Waals surface area contributed by atoms with Gasteiger partial charge in [0.1, 0.15) is 11.6 Å². The van der Waals surface area contributed by atoms with Crippen LogP contribution < -0.4 is 0 Å². The van der Waals surface area contributed by atoms with Crippen LogP contribution in [0.2, 0.25) is 5.02 Å². The summed E-state index contributed by atoms with van der Waals surface area (Å²) in [6.45, 7) is 0. The fourth-order valence-electron chi connectivity index (χ4n) is 1.53. The van der Waals surface area contributed by atoms with Gasteiger partial charge in [-0.25, -0.2) is 8.78 Å². The van der Waals surface area contributed by atoms with Crippen LogP contribution in [0.25, 0.3) is 0 Å². The number of hydrogen-bond donors (Lipinski definition) is 0. The van der Waals surface area contributed by atoms with Crippen molar-refractivity contribution in [2.24, 2.45) is 0 Å². The molecule has 0 saturated heterocycles. The van der Waals surface area contributed by atoms with Gasteiger partial charge in [-0.3, -0.25) is 10.1 Å². The number of nitro groups is 1. The van der Waals surface area contributed by atoms with E-state index in [0.29, 0.717) is 10.6 Å². The molecule has 0 radical (unpaired) electrons. The first-order valence-corrected chi connectivity index (χ1v) is 6.84. The quantitative estimate of drug-likeness (QED) is 0.461. The zero-order valence-corrected chi connectivity index (χ0v) is 11.5. The highest BCUT2D eigenvalue weighted by atomic mass is 35.5. The van der Waals surface area contributed by atoms with Gasteiger partial charge in [-0.15, -0.1) is 11.8 Å². The number of nitrogens with zero attached hydrogens (tertiary/aromatic N) is 1. The SMILES string of the molecule is O=[N+]([O-])c1ccc(Cl)c(CSc2ccc(F)cc2F)c1. The Morgan fingerprint density at radius 3 is 2.60 bits per heavy atom. The van der Waals surface area contributed by atoms with E-state index in [4.69, 9.17) is 11.6 Å². The summed E-state index contributed by atoms with van der Waals surface area (Å²) in [6.07, 6.45) is 0. The van der Waals surface area contributed by atoms with Gasteiger partial charge in [0, 0.05) is 33.9 Å². The third kappa shape index (κ3) is 3.46. The second kappa shape index (κ2) is 6.19. The summed E-state index contributed by atoms with van der Waals surface area (Å²) >= 11 is 7.04. The van der Waals surface area contributed by atoms with E-state index in [9.17, 15) is 18.9 Å². The van der Waals surface area contributed by atoms with Gasteiger partial charge in [0.2, 0.25) is 0 Å². The van der Waals surface area contributed by atoms with E-state index >= 15 is 0 Å². The summed E-state index contributed by atoms with van der Waals surface area (Å²) in [4.78, 5) is 10.4. The molecule has 20 heavy (non-hydrogen) atoms. The van der Waals surface area contributed by atoms with Crippen molar-refractivity contribution >= 4 is 29.1 Å². The molecule has 0 fully saturated rings. The van der Waals surface area contributed by atoms with E-state index in [1.165, 1.54) is 24.3 Å². The molecule has 0 aliphatic heterocycles. The van der Waals surface area contributed by atoms with Crippen molar-refractivity contribution in [2.45, 2.75) is 10.6 Å². The standard InChI is InChI=1S/C13H8ClF2NO2S/c14-11-3-2-10(17(18)19)5-8(11)7-20-13-4-1-9(15)6-12(13)16/h1-6H,7H2. The first kappa shape index (κ1) is 14.7. The smallest absolute Gasteiger partial charge is 0.258 e. The lowest BCUT2D eigenvalue weighted by Crippen LogP contribution is -1.91. The van der Waals surface area contributed by atoms with Crippen LogP contribution in [-0.2, 0) is 5.75 Å². The van der Waals surface area contributed by atoms with Gasteiger partial charge in [-0.2, -0.15) is 0 Å². The molecule has 0 aromatic heterocycles. The number of benzene rings is 2. The summed E-state index contributed by atoms with van der Waals surface area (Å²) in [5.74, 6) is -1.07. The lowest BCUT2D eigenvalue weighted by Gasteiger charge is -2.05. The predicted octanol–water partition coefficient (Wildman–Crippen LogP) is 4.82. The summed E-state index contributed by atoms with van der Waals surface area (Å²) in [5.41, 5.74) is 0.444. The molecule has 0 spiro atoms. The number of nitro benzene ring substituents is 1. The topological polar surface area (TPSA) is 43.1 Å². The maximum Gasteiger partial charge on any atom is 0.269 e. The number of rotatable bonds is 4. The van der Waals surface area contributed by atoms with Crippen LogP contribution in [0, 0.1) is 21.7 Å². The average molecular weight is 316 g/mol. The molecular formula is C13H8ClF2NO2S. The second-order valence-electron chi connectivity index (χ2n) is 3.90. The average Bonchev–Trinajstić information content (AvgIpc) is 2.39. The van der Waals surface area contributed by atoms with E-state index < -0.39 is 16.6 Å². The van der Waals surface area contributed by atoms with E-state index in [-0.39, 0.29) is 16.3 Å². The first-order chi connectivity index (χ1) is 9.47. The zero-order valence-electron chi connectivity index (χ0n) is 9.98. The minimum atomic E-state index is -0.670. The van der Waals surface area contributed by atoms with Crippen molar-refractivity contribution in [1.29, 1.82) is 0 Å². The molecule has 2 rings (SSSR count). The van der Waals surface area contributed by atoms with E-state index in [2.05, 4.69) is 0 Å². The molecule has 0 heterocycles. The van der Waals surface area contributed by atoms with Gasteiger partial charge >= 0.3 is 0 Å². The van der Waals surface area contributed by atoms with Gasteiger partial charge in [0.25, 0.3) is 5.69 Å². The van der Waals surface area contributed by atoms with Crippen LogP contribution in [0.1, 0.15) is 5.56 Å². The Bertz CT molecular complexity index is 667. The molecular weight excluding hydrogens is 308 g/mol. The van der Waals surface area contributed by atoms with Crippen molar-refractivity contribution < 1.29 is 13.7 Å². The zero-order chi connectivity index (χ0) is 14.7. The Labute approximate surface area is 122 Å². The Morgan fingerprint density at radius 2 is 1.95 bits per heavy atom. The number of halogens is 3. The minimum Gasteiger partial charge on any atom is -0.258 e. The molecule has 0 N–H and O–H groups in total. The fourth-order valence-corrected chi connectivity index (χ4v) is 2.71. The highest BCUT2D eigenvalue weighted by Crippen LogP contribution is 2.30. The van der Waals surface area contributed by atoms with Crippen molar-refractivity contribution in [2.75, 3.05) is 0 Å². The van der Waals surface area contributed by atoms with Crippen LogP contribution in [0.15, 0.2) is 41.3 Å². The predicted molar refractivity (Wildman–Crippen MR) is 74.0 cm³/mol. The molecule has 0 bridgehead atoms. The van der Waals surface area contributed by atoms with Crippen LogP contribution in [0.3, 0.4) is 0 Å². The normalized spacial score (nSPS) is 10.6. The monoisotopic (exact) mass is 315 g/mol. The summed E-state index contributed by atoms with van der Waals surface area (Å²) in [5, 5.41) is 11.1. The van der Waals surface area contributed by atoms with Crippen molar-refractivity contribution in [3.05, 3.63) is 68.7 Å². The van der Waals surface area contributed by atoms with Gasteiger partial charge in [-0.1, -0.05) is 11.6 Å². The van der Waals surface area contributed by atoms with Gasteiger partial charge < -0.3 is 0 Å². The van der Waals surface area contributed by atoms with Crippen LogP contribution >= 0.6 is 23.4 Å². The Balaban J connectivity index is 2.18. The molecule has 3 nitrogen and oxygen atoms in total. The Morgan fingerprint density at radius 1 is 1.20 bits per heavy atom. The number of non-ortho nitro benzene ring substituents is 1. The van der Waals surface area contributed by atoms with Crippen molar-refractivity contribution in [3.63, 3.8) is 0 Å². The molecule has 0 unspecified atom stereocenters.